The predicted octanol–water partition coefficient (Wildman–Crippen LogP) is 1.97. The zero-order valence-corrected chi connectivity index (χ0v) is 14.5. The normalized spacial score (nSPS) is 13.6. The van der Waals surface area contributed by atoms with E-state index in [-0.39, 0.29) is 17.6 Å². The molecular formula is C17H16N2O5S. The number of amides is 1. The van der Waals surface area contributed by atoms with E-state index in [9.17, 15) is 13.2 Å². The fraction of sp³-hybridized carbons (Fsp3) is 0.176. The monoisotopic (exact) mass is 360 g/mol. The van der Waals surface area contributed by atoms with Gasteiger partial charge in [0.15, 0.2) is 21.3 Å². The van der Waals surface area contributed by atoms with Gasteiger partial charge in [-0.3, -0.25) is 4.79 Å². The van der Waals surface area contributed by atoms with Gasteiger partial charge in [0.2, 0.25) is 6.79 Å². The largest absolute Gasteiger partial charge is 0.454 e. The number of ether oxygens (including phenoxy) is 2. The van der Waals surface area contributed by atoms with Gasteiger partial charge in [-0.2, -0.15) is 5.10 Å². The second-order valence-electron chi connectivity index (χ2n) is 5.50. The molecule has 2 aromatic carbocycles. The molecular weight excluding hydrogens is 344 g/mol. The van der Waals surface area contributed by atoms with Gasteiger partial charge in [0.05, 0.1) is 10.6 Å². The summed E-state index contributed by atoms with van der Waals surface area (Å²) in [7, 11) is -3.24. The van der Waals surface area contributed by atoms with Crippen LogP contribution in [-0.4, -0.2) is 33.1 Å². The second kappa shape index (κ2) is 6.56. The Hall–Kier alpha value is -2.87. The first kappa shape index (κ1) is 17.0. The summed E-state index contributed by atoms with van der Waals surface area (Å²) in [5.41, 5.74) is 4.12. The van der Waals surface area contributed by atoms with E-state index < -0.39 is 9.84 Å². The molecule has 0 unspecified atom stereocenters. The van der Waals surface area contributed by atoms with Crippen LogP contribution in [0.15, 0.2) is 52.5 Å². The number of benzene rings is 2. The molecule has 0 saturated heterocycles. The van der Waals surface area contributed by atoms with Gasteiger partial charge in [0.25, 0.3) is 5.91 Å². The number of sulfone groups is 1. The molecule has 1 aliphatic rings. The Balaban J connectivity index is 1.71. The van der Waals surface area contributed by atoms with E-state index in [1.807, 2.05) is 0 Å². The zero-order valence-electron chi connectivity index (χ0n) is 13.6. The molecule has 0 saturated carbocycles. The van der Waals surface area contributed by atoms with Crippen molar-refractivity contribution in [2.75, 3.05) is 13.0 Å². The predicted molar refractivity (Wildman–Crippen MR) is 91.8 cm³/mol. The zero-order chi connectivity index (χ0) is 18.0. The number of fused-ring (bicyclic) bond motifs is 1. The van der Waals surface area contributed by atoms with Crippen molar-refractivity contribution in [3.05, 3.63) is 53.6 Å². The van der Waals surface area contributed by atoms with Gasteiger partial charge in [-0.05, 0) is 42.8 Å². The minimum absolute atomic E-state index is 0.140. The van der Waals surface area contributed by atoms with E-state index in [4.69, 9.17) is 9.47 Å². The molecule has 0 fully saturated rings. The van der Waals surface area contributed by atoms with Crippen LogP contribution in [0, 0.1) is 0 Å². The molecule has 3 rings (SSSR count). The molecule has 1 amide bonds. The smallest absolute Gasteiger partial charge is 0.271 e. The Labute approximate surface area is 145 Å². The lowest BCUT2D eigenvalue weighted by atomic mass is 10.1. The first-order valence-electron chi connectivity index (χ1n) is 7.39. The minimum Gasteiger partial charge on any atom is -0.454 e. The van der Waals surface area contributed by atoms with Gasteiger partial charge in [-0.15, -0.1) is 0 Å². The number of nitrogens with zero attached hydrogens (tertiary/aromatic N) is 1. The van der Waals surface area contributed by atoms with E-state index in [0.29, 0.717) is 28.3 Å². The van der Waals surface area contributed by atoms with Crippen LogP contribution in [-0.2, 0) is 9.84 Å². The second-order valence-corrected chi connectivity index (χ2v) is 7.52. The van der Waals surface area contributed by atoms with Crippen LogP contribution in [0.25, 0.3) is 0 Å². The Morgan fingerprint density at radius 2 is 1.68 bits per heavy atom. The van der Waals surface area contributed by atoms with Crippen molar-refractivity contribution < 1.29 is 22.7 Å². The van der Waals surface area contributed by atoms with Gasteiger partial charge in [-0.25, -0.2) is 13.8 Å². The molecule has 1 aliphatic heterocycles. The summed E-state index contributed by atoms with van der Waals surface area (Å²) in [5, 5.41) is 4.05. The molecule has 0 aromatic heterocycles. The van der Waals surface area contributed by atoms with Crippen LogP contribution >= 0.6 is 0 Å². The molecule has 0 atom stereocenters. The average molecular weight is 360 g/mol. The molecule has 1 heterocycles. The molecule has 7 nitrogen and oxygen atoms in total. The quantitative estimate of drug-likeness (QED) is 0.664. The van der Waals surface area contributed by atoms with Crippen molar-refractivity contribution in [2.24, 2.45) is 5.10 Å². The third kappa shape index (κ3) is 3.80. The highest BCUT2D eigenvalue weighted by atomic mass is 32.2. The number of carbonyl (C=O) groups excluding carboxylic acids is 1. The molecule has 0 radical (unpaired) electrons. The number of rotatable bonds is 4. The van der Waals surface area contributed by atoms with E-state index >= 15 is 0 Å². The standard InChI is InChI=1S/C17H16N2O5S/c1-11(12-3-6-14(7-4-12)25(2,21)22)18-19-17(20)13-5-8-15-16(9-13)24-10-23-15/h3-9H,10H2,1-2H3,(H,19,20)/b18-11+. The molecule has 25 heavy (non-hydrogen) atoms. The van der Waals surface area contributed by atoms with Crippen LogP contribution in [0.5, 0.6) is 11.5 Å². The summed E-state index contributed by atoms with van der Waals surface area (Å²) in [6, 6.07) is 11.2. The van der Waals surface area contributed by atoms with E-state index in [1.165, 1.54) is 12.1 Å². The van der Waals surface area contributed by atoms with E-state index in [1.54, 1.807) is 37.3 Å². The Kier molecular flexibility index (Phi) is 4.45. The van der Waals surface area contributed by atoms with E-state index in [0.717, 1.165) is 6.26 Å². The van der Waals surface area contributed by atoms with Crippen LogP contribution in [0.1, 0.15) is 22.8 Å². The van der Waals surface area contributed by atoms with Gasteiger partial charge in [0, 0.05) is 11.8 Å². The van der Waals surface area contributed by atoms with Crippen molar-refractivity contribution in [3.63, 3.8) is 0 Å². The molecule has 0 spiro atoms. The number of hydrogen-bond acceptors (Lipinski definition) is 6. The molecule has 2 aromatic rings. The Morgan fingerprint density at radius 3 is 2.36 bits per heavy atom. The lowest BCUT2D eigenvalue weighted by Crippen LogP contribution is -2.19. The summed E-state index contributed by atoms with van der Waals surface area (Å²) in [5.74, 6) is 0.734. The number of hydrazone groups is 1. The highest BCUT2D eigenvalue weighted by Crippen LogP contribution is 2.32. The highest BCUT2D eigenvalue weighted by Gasteiger charge is 2.16. The lowest BCUT2D eigenvalue weighted by molar-refractivity contribution is 0.0954. The van der Waals surface area contributed by atoms with Crippen LogP contribution in [0.4, 0.5) is 0 Å². The molecule has 0 aliphatic carbocycles. The lowest BCUT2D eigenvalue weighted by Gasteiger charge is -2.05. The summed E-state index contributed by atoms with van der Waals surface area (Å²) in [6.07, 6.45) is 1.15. The third-order valence-electron chi connectivity index (χ3n) is 3.66. The fourth-order valence-electron chi connectivity index (χ4n) is 2.24. The van der Waals surface area contributed by atoms with Gasteiger partial charge < -0.3 is 9.47 Å². The number of nitrogens with one attached hydrogen (secondary N) is 1. The van der Waals surface area contributed by atoms with Crippen LogP contribution in [0.3, 0.4) is 0 Å². The topological polar surface area (TPSA) is 94.1 Å². The van der Waals surface area contributed by atoms with Crippen molar-refractivity contribution >= 4 is 21.5 Å². The summed E-state index contributed by atoms with van der Waals surface area (Å²) < 4.78 is 33.4. The maximum atomic E-state index is 12.2. The maximum Gasteiger partial charge on any atom is 0.271 e. The first-order chi connectivity index (χ1) is 11.8. The van der Waals surface area contributed by atoms with Gasteiger partial charge >= 0.3 is 0 Å². The van der Waals surface area contributed by atoms with Crippen molar-refractivity contribution in [1.29, 1.82) is 0 Å². The summed E-state index contributed by atoms with van der Waals surface area (Å²) in [4.78, 5) is 12.4. The maximum absolute atomic E-state index is 12.2. The van der Waals surface area contributed by atoms with Crippen LogP contribution in [0.2, 0.25) is 0 Å². The van der Waals surface area contributed by atoms with Crippen molar-refractivity contribution in [1.82, 2.24) is 5.43 Å². The van der Waals surface area contributed by atoms with E-state index in [2.05, 4.69) is 10.5 Å². The van der Waals surface area contributed by atoms with Crippen LogP contribution < -0.4 is 14.9 Å². The van der Waals surface area contributed by atoms with Gasteiger partial charge in [-0.1, -0.05) is 12.1 Å². The fourth-order valence-corrected chi connectivity index (χ4v) is 2.88. The minimum atomic E-state index is -3.24. The molecule has 0 bridgehead atoms. The van der Waals surface area contributed by atoms with Crippen molar-refractivity contribution in [2.45, 2.75) is 11.8 Å². The number of hydrogen-bond donors (Lipinski definition) is 1. The highest BCUT2D eigenvalue weighted by molar-refractivity contribution is 7.90. The molecule has 1 N–H and O–H groups in total. The third-order valence-corrected chi connectivity index (χ3v) is 4.79. The molecule has 8 heteroatoms. The average Bonchev–Trinajstić information content (AvgIpc) is 3.06. The number of carbonyl (C=O) groups is 1. The van der Waals surface area contributed by atoms with Crippen molar-refractivity contribution in [3.8, 4) is 11.5 Å². The van der Waals surface area contributed by atoms with Gasteiger partial charge in [0.1, 0.15) is 0 Å². The SMILES string of the molecule is C/C(=N\NC(=O)c1ccc2c(c1)OCO2)c1ccc(S(C)(=O)=O)cc1. The Morgan fingerprint density at radius 1 is 1.04 bits per heavy atom. The Bertz CT molecular complexity index is 950. The summed E-state index contributed by atoms with van der Waals surface area (Å²) >= 11 is 0. The summed E-state index contributed by atoms with van der Waals surface area (Å²) in [6.45, 7) is 1.86. The first-order valence-corrected chi connectivity index (χ1v) is 9.28. The molecule has 130 valence electrons.